The van der Waals surface area contributed by atoms with Crippen LogP contribution < -0.4 is 9.64 Å². The van der Waals surface area contributed by atoms with E-state index in [0.717, 1.165) is 4.90 Å². The van der Waals surface area contributed by atoms with Crippen LogP contribution in [-0.2, 0) is 14.4 Å². The Morgan fingerprint density at radius 3 is 2.31 bits per heavy atom. The molecule has 0 spiro atoms. The number of carbonyl (C=O) groups is 2. The molecule has 0 bridgehead atoms. The number of nitrogens with zero attached hydrogens (tertiary/aromatic N) is 3. The number of nitro benzene ring substituents is 1. The molecule has 0 saturated carbocycles. The lowest BCUT2D eigenvalue weighted by Crippen LogP contribution is -2.36. The zero-order chi connectivity index (χ0) is 20.7. The molecule has 2 aromatic rings. The van der Waals surface area contributed by atoms with Crippen LogP contribution in [0.4, 0.5) is 11.4 Å². The number of ether oxygens (including phenoxy) is 1. The van der Waals surface area contributed by atoms with E-state index in [-0.39, 0.29) is 11.6 Å². The molecule has 2 aliphatic heterocycles. The molecule has 9 heteroatoms. The van der Waals surface area contributed by atoms with Crippen molar-refractivity contribution in [2.45, 2.75) is 19.1 Å². The highest BCUT2D eigenvalue weighted by Gasteiger charge is 2.59. The molecule has 0 unspecified atom stereocenters. The molecule has 2 aliphatic rings. The molecule has 0 aromatic heterocycles. The van der Waals surface area contributed by atoms with Gasteiger partial charge in [-0.3, -0.25) is 24.5 Å². The summed E-state index contributed by atoms with van der Waals surface area (Å²) < 4.78 is 5.40. The van der Waals surface area contributed by atoms with Crippen molar-refractivity contribution in [3.8, 4) is 5.75 Å². The molecular weight excluding hydrogens is 378 g/mol. The van der Waals surface area contributed by atoms with Gasteiger partial charge in [0.05, 0.1) is 29.2 Å². The molecule has 0 N–H and O–H groups in total. The van der Waals surface area contributed by atoms with Crippen molar-refractivity contribution in [1.29, 1.82) is 0 Å². The number of non-ortho nitro benzene ring substituents is 1. The van der Waals surface area contributed by atoms with Gasteiger partial charge in [-0.15, -0.1) is 0 Å². The highest BCUT2D eigenvalue weighted by Crippen LogP contribution is 2.45. The van der Waals surface area contributed by atoms with Crippen molar-refractivity contribution < 1.29 is 24.1 Å². The Morgan fingerprint density at radius 1 is 1.07 bits per heavy atom. The van der Waals surface area contributed by atoms with Crippen LogP contribution in [-0.4, -0.2) is 41.6 Å². The van der Waals surface area contributed by atoms with E-state index < -0.39 is 28.9 Å². The van der Waals surface area contributed by atoms with Gasteiger partial charge in [0.15, 0.2) is 6.10 Å². The zero-order valence-corrected chi connectivity index (χ0v) is 15.8. The van der Waals surface area contributed by atoms with Gasteiger partial charge < -0.3 is 4.74 Å². The minimum Gasteiger partial charge on any atom is -0.494 e. The molecule has 4 rings (SSSR count). The number of imide groups is 1. The zero-order valence-electron chi connectivity index (χ0n) is 15.8. The number of hydrogen-bond acceptors (Lipinski definition) is 7. The number of hydrogen-bond donors (Lipinski definition) is 0. The van der Waals surface area contributed by atoms with Crippen molar-refractivity contribution >= 4 is 23.2 Å². The molecule has 0 radical (unpaired) electrons. The van der Waals surface area contributed by atoms with Gasteiger partial charge in [-0.25, -0.2) is 4.90 Å². The van der Waals surface area contributed by atoms with Gasteiger partial charge in [0.25, 0.3) is 11.6 Å². The average molecular weight is 397 g/mol. The number of carbonyl (C=O) groups excluding carboxylic acids is 2. The second kappa shape index (κ2) is 7.26. The fourth-order valence-electron chi connectivity index (χ4n) is 3.87. The van der Waals surface area contributed by atoms with Crippen molar-refractivity contribution in [1.82, 2.24) is 5.06 Å². The molecule has 29 heavy (non-hydrogen) atoms. The molecular formula is C20H19N3O6. The summed E-state index contributed by atoms with van der Waals surface area (Å²) in [6.07, 6.45) is -0.931. The van der Waals surface area contributed by atoms with E-state index in [1.807, 2.05) is 6.92 Å². The summed E-state index contributed by atoms with van der Waals surface area (Å²) in [5.41, 5.74) is 1.07. The second-order valence-electron chi connectivity index (χ2n) is 6.83. The predicted octanol–water partition coefficient (Wildman–Crippen LogP) is 2.47. The quantitative estimate of drug-likeness (QED) is 0.434. The minimum absolute atomic E-state index is 0.0447. The predicted molar refractivity (Wildman–Crippen MR) is 102 cm³/mol. The first-order valence-electron chi connectivity index (χ1n) is 9.17. The van der Waals surface area contributed by atoms with Crippen LogP contribution in [0.2, 0.25) is 0 Å². The SMILES string of the molecule is CCOc1ccc(N2C(=O)[C@@H]3[C@H](ON(C)[C@@H]3c3ccc([N+](=O)[O-])cc3)C2=O)cc1. The topological polar surface area (TPSA) is 102 Å². The fraction of sp³-hybridized carbons (Fsp3) is 0.300. The fourth-order valence-corrected chi connectivity index (χ4v) is 3.87. The smallest absolute Gasteiger partial charge is 0.269 e. The van der Waals surface area contributed by atoms with Crippen LogP contribution in [0.25, 0.3) is 0 Å². The third-order valence-corrected chi connectivity index (χ3v) is 5.16. The first-order valence-corrected chi connectivity index (χ1v) is 9.17. The summed E-state index contributed by atoms with van der Waals surface area (Å²) in [5, 5.41) is 12.4. The van der Waals surface area contributed by atoms with E-state index in [2.05, 4.69) is 0 Å². The normalized spacial score (nSPS) is 24.1. The Kier molecular flexibility index (Phi) is 4.77. The number of amides is 2. The molecule has 2 saturated heterocycles. The van der Waals surface area contributed by atoms with Gasteiger partial charge in [0, 0.05) is 19.2 Å². The maximum absolute atomic E-state index is 13.2. The molecule has 3 atom stereocenters. The number of benzene rings is 2. The van der Waals surface area contributed by atoms with Crippen molar-refractivity contribution in [2.24, 2.45) is 5.92 Å². The van der Waals surface area contributed by atoms with Crippen molar-refractivity contribution in [3.63, 3.8) is 0 Å². The molecule has 150 valence electrons. The van der Waals surface area contributed by atoms with Crippen LogP contribution >= 0.6 is 0 Å². The number of hydroxylamine groups is 2. The second-order valence-corrected chi connectivity index (χ2v) is 6.83. The number of fused-ring (bicyclic) bond motifs is 1. The molecule has 2 amide bonds. The monoisotopic (exact) mass is 397 g/mol. The lowest BCUT2D eigenvalue weighted by molar-refractivity contribution is -0.384. The third kappa shape index (κ3) is 3.14. The first kappa shape index (κ1) is 19.0. The highest BCUT2D eigenvalue weighted by atomic mass is 16.7. The summed E-state index contributed by atoms with van der Waals surface area (Å²) in [6, 6.07) is 12.1. The highest BCUT2D eigenvalue weighted by molar-refractivity contribution is 6.23. The average Bonchev–Trinajstić information content (AvgIpc) is 3.17. The van der Waals surface area contributed by atoms with Crippen LogP contribution in [0.15, 0.2) is 48.5 Å². The Morgan fingerprint density at radius 2 is 1.72 bits per heavy atom. The third-order valence-electron chi connectivity index (χ3n) is 5.16. The molecule has 2 heterocycles. The lowest BCUT2D eigenvalue weighted by atomic mass is 9.91. The van der Waals surface area contributed by atoms with Crippen molar-refractivity contribution in [2.75, 3.05) is 18.6 Å². The van der Waals surface area contributed by atoms with Crippen LogP contribution in [0.5, 0.6) is 5.75 Å². The molecule has 0 aliphatic carbocycles. The van der Waals surface area contributed by atoms with E-state index in [1.54, 1.807) is 43.4 Å². The van der Waals surface area contributed by atoms with E-state index in [1.165, 1.54) is 17.2 Å². The lowest BCUT2D eigenvalue weighted by Gasteiger charge is -2.24. The Balaban J connectivity index is 1.63. The van der Waals surface area contributed by atoms with Gasteiger partial charge in [0.2, 0.25) is 5.91 Å². The van der Waals surface area contributed by atoms with Gasteiger partial charge in [-0.05, 0) is 36.8 Å². The van der Waals surface area contributed by atoms with E-state index in [4.69, 9.17) is 9.57 Å². The standard InChI is InChI=1S/C20H19N3O6/c1-3-28-15-10-8-13(9-11-15)22-19(24)16-17(21(2)29-18(16)20(22)25)12-4-6-14(7-5-12)23(26)27/h4-11,16-18H,3H2,1-2H3/t16-,17+,18-/m0/s1. The summed E-state index contributed by atoms with van der Waals surface area (Å²) in [4.78, 5) is 43.3. The van der Waals surface area contributed by atoms with Crippen LogP contribution in [0, 0.1) is 16.0 Å². The maximum Gasteiger partial charge on any atom is 0.269 e. The Bertz CT molecular complexity index is 959. The van der Waals surface area contributed by atoms with Gasteiger partial charge >= 0.3 is 0 Å². The Labute approximate surface area is 166 Å². The summed E-state index contributed by atoms with van der Waals surface area (Å²) in [5.74, 6) is -0.881. The van der Waals surface area contributed by atoms with Crippen molar-refractivity contribution in [3.05, 3.63) is 64.2 Å². The molecule has 2 aromatic carbocycles. The van der Waals surface area contributed by atoms with Crippen LogP contribution in [0.1, 0.15) is 18.5 Å². The summed E-state index contributed by atoms with van der Waals surface area (Å²) >= 11 is 0. The van der Waals surface area contributed by atoms with E-state index in [0.29, 0.717) is 23.6 Å². The van der Waals surface area contributed by atoms with Gasteiger partial charge in [-0.1, -0.05) is 12.1 Å². The van der Waals surface area contributed by atoms with Gasteiger partial charge in [0.1, 0.15) is 5.75 Å². The van der Waals surface area contributed by atoms with E-state index >= 15 is 0 Å². The Hall–Kier alpha value is -3.30. The summed E-state index contributed by atoms with van der Waals surface area (Å²) in [7, 11) is 1.65. The molecule has 9 nitrogen and oxygen atoms in total. The first-order chi connectivity index (χ1) is 13.9. The van der Waals surface area contributed by atoms with Crippen LogP contribution in [0.3, 0.4) is 0 Å². The summed E-state index contributed by atoms with van der Waals surface area (Å²) in [6.45, 7) is 2.39. The minimum atomic E-state index is -0.931. The molecule has 2 fully saturated rings. The van der Waals surface area contributed by atoms with Gasteiger partial charge in [-0.2, -0.15) is 5.06 Å². The number of rotatable bonds is 5. The number of anilines is 1. The number of nitro groups is 1. The van der Waals surface area contributed by atoms with E-state index in [9.17, 15) is 19.7 Å². The largest absolute Gasteiger partial charge is 0.494 e. The maximum atomic E-state index is 13.2.